The summed E-state index contributed by atoms with van der Waals surface area (Å²) in [6.45, 7) is 3.12. The van der Waals surface area contributed by atoms with Crippen molar-refractivity contribution in [2.24, 2.45) is 11.7 Å². The lowest BCUT2D eigenvalue weighted by Gasteiger charge is -2.35. The molecule has 0 radical (unpaired) electrons. The molecule has 0 aromatic heterocycles. The van der Waals surface area contributed by atoms with Gasteiger partial charge in [0.2, 0.25) is 5.91 Å². The second-order valence-electron chi connectivity index (χ2n) is 5.74. The fraction of sp³-hybridized carbons (Fsp3) is 0.471. The second-order valence-corrected chi connectivity index (χ2v) is 5.74. The molecule has 2 atom stereocenters. The van der Waals surface area contributed by atoms with Crippen LogP contribution in [0.4, 0.5) is 0 Å². The molecular weight excluding hydrogens is 262 g/mol. The lowest BCUT2D eigenvalue weighted by molar-refractivity contribution is -0.124. The second kappa shape index (κ2) is 6.30. The van der Waals surface area contributed by atoms with Crippen molar-refractivity contribution in [1.82, 2.24) is 10.2 Å². The molecule has 4 heteroatoms. The van der Waals surface area contributed by atoms with Crippen LogP contribution in [0.5, 0.6) is 0 Å². The Hall–Kier alpha value is -1.83. The number of carbonyl (C=O) groups is 1. The third-order valence-electron chi connectivity index (χ3n) is 4.36. The maximum Gasteiger partial charge on any atom is 0.224 e. The smallest absolute Gasteiger partial charge is 0.224 e. The molecule has 0 bridgehead atoms. The summed E-state index contributed by atoms with van der Waals surface area (Å²) in [7, 11) is 0. The molecule has 2 aliphatic rings. The van der Waals surface area contributed by atoms with Crippen molar-refractivity contribution in [1.29, 1.82) is 0 Å². The molecule has 2 saturated heterocycles. The van der Waals surface area contributed by atoms with Crippen molar-refractivity contribution < 1.29 is 4.79 Å². The number of benzene rings is 1. The Balaban J connectivity index is 1.72. The van der Waals surface area contributed by atoms with E-state index in [1.807, 2.05) is 12.1 Å². The lowest BCUT2D eigenvalue weighted by atomic mass is 9.91. The summed E-state index contributed by atoms with van der Waals surface area (Å²) < 4.78 is 0. The number of nitrogens with zero attached hydrogens (tertiary/aromatic N) is 1. The standard InChI is InChI=1S/C17H21N3O/c18-8-2-6-13-4-1-5-14(10-13)12-20-9-3-7-15-16(20)11-19-17(15)21/h1,4-5,10,15-16H,3,7-9,11-12,18H2,(H,19,21). The summed E-state index contributed by atoms with van der Waals surface area (Å²) in [6.07, 6.45) is 2.12. The molecule has 2 aliphatic heterocycles. The summed E-state index contributed by atoms with van der Waals surface area (Å²) in [5.41, 5.74) is 7.67. The first-order chi connectivity index (χ1) is 10.3. The van der Waals surface area contributed by atoms with Crippen LogP contribution in [0.3, 0.4) is 0 Å². The van der Waals surface area contributed by atoms with E-state index in [-0.39, 0.29) is 11.8 Å². The molecule has 1 aromatic carbocycles. The minimum absolute atomic E-state index is 0.180. The van der Waals surface area contributed by atoms with Gasteiger partial charge in [-0.25, -0.2) is 0 Å². The highest BCUT2D eigenvalue weighted by atomic mass is 16.2. The highest BCUT2D eigenvalue weighted by Gasteiger charge is 2.40. The first-order valence-electron chi connectivity index (χ1n) is 7.57. The van der Waals surface area contributed by atoms with Gasteiger partial charge in [0.1, 0.15) is 0 Å². The van der Waals surface area contributed by atoms with Gasteiger partial charge in [0.15, 0.2) is 0 Å². The Bertz CT molecular complexity index is 587. The predicted octanol–water partition coefficient (Wildman–Crippen LogP) is 0.707. The number of fused-ring (bicyclic) bond motifs is 1. The topological polar surface area (TPSA) is 58.4 Å². The normalized spacial score (nSPS) is 24.9. The number of rotatable bonds is 2. The Kier molecular flexibility index (Phi) is 4.23. The van der Waals surface area contributed by atoms with Gasteiger partial charge in [-0.15, -0.1) is 0 Å². The van der Waals surface area contributed by atoms with E-state index in [1.165, 1.54) is 5.56 Å². The largest absolute Gasteiger partial charge is 0.354 e. The van der Waals surface area contributed by atoms with E-state index in [2.05, 4.69) is 34.2 Å². The van der Waals surface area contributed by atoms with Crippen LogP contribution < -0.4 is 11.1 Å². The monoisotopic (exact) mass is 283 g/mol. The Labute approximate surface area is 125 Å². The van der Waals surface area contributed by atoms with Crippen LogP contribution in [0.1, 0.15) is 24.0 Å². The molecule has 21 heavy (non-hydrogen) atoms. The van der Waals surface area contributed by atoms with E-state index in [1.54, 1.807) is 0 Å². The number of likely N-dealkylation sites (tertiary alicyclic amines) is 1. The first-order valence-corrected chi connectivity index (χ1v) is 7.57. The molecule has 2 unspecified atom stereocenters. The fourth-order valence-electron chi connectivity index (χ4n) is 3.37. The lowest BCUT2D eigenvalue weighted by Crippen LogP contribution is -2.44. The number of nitrogens with one attached hydrogen (secondary N) is 1. The number of hydrogen-bond acceptors (Lipinski definition) is 3. The van der Waals surface area contributed by atoms with Crippen molar-refractivity contribution in [2.75, 3.05) is 19.6 Å². The third-order valence-corrected chi connectivity index (χ3v) is 4.36. The number of amides is 1. The van der Waals surface area contributed by atoms with Crippen molar-refractivity contribution in [3.8, 4) is 11.8 Å². The van der Waals surface area contributed by atoms with E-state index >= 15 is 0 Å². The number of carbonyl (C=O) groups excluding carboxylic acids is 1. The molecule has 0 spiro atoms. The minimum atomic E-state index is 0.180. The van der Waals surface area contributed by atoms with Crippen molar-refractivity contribution in [2.45, 2.75) is 25.4 Å². The van der Waals surface area contributed by atoms with Crippen LogP contribution >= 0.6 is 0 Å². The zero-order valence-corrected chi connectivity index (χ0v) is 12.1. The van der Waals surface area contributed by atoms with Gasteiger partial charge in [0.25, 0.3) is 0 Å². The molecule has 110 valence electrons. The van der Waals surface area contributed by atoms with E-state index in [0.717, 1.165) is 38.0 Å². The summed E-state index contributed by atoms with van der Waals surface area (Å²) in [6, 6.07) is 8.64. The molecular formula is C17H21N3O. The van der Waals surface area contributed by atoms with Gasteiger partial charge in [-0.3, -0.25) is 9.69 Å². The van der Waals surface area contributed by atoms with Crippen molar-refractivity contribution in [3.05, 3.63) is 35.4 Å². The van der Waals surface area contributed by atoms with Crippen LogP contribution in [0.15, 0.2) is 24.3 Å². The SMILES string of the molecule is NCC#Cc1cccc(CN2CCCC3C(=O)NCC32)c1. The zero-order valence-electron chi connectivity index (χ0n) is 12.1. The number of nitrogens with two attached hydrogens (primary N) is 1. The van der Waals surface area contributed by atoms with E-state index in [0.29, 0.717) is 12.6 Å². The van der Waals surface area contributed by atoms with Crippen LogP contribution in [-0.4, -0.2) is 36.5 Å². The highest BCUT2D eigenvalue weighted by molar-refractivity contribution is 5.82. The average Bonchev–Trinajstić information content (AvgIpc) is 2.88. The van der Waals surface area contributed by atoms with Crippen molar-refractivity contribution >= 4 is 5.91 Å². The van der Waals surface area contributed by atoms with Gasteiger partial charge in [0.05, 0.1) is 12.5 Å². The Morgan fingerprint density at radius 1 is 1.43 bits per heavy atom. The molecule has 1 aromatic rings. The van der Waals surface area contributed by atoms with Crippen molar-refractivity contribution in [3.63, 3.8) is 0 Å². The minimum Gasteiger partial charge on any atom is -0.354 e. The summed E-state index contributed by atoms with van der Waals surface area (Å²) in [5.74, 6) is 6.37. The van der Waals surface area contributed by atoms with Gasteiger partial charge in [-0.05, 0) is 37.1 Å². The van der Waals surface area contributed by atoms with E-state index < -0.39 is 0 Å². The average molecular weight is 283 g/mol. The molecule has 0 saturated carbocycles. The first kappa shape index (κ1) is 14.1. The molecule has 4 nitrogen and oxygen atoms in total. The maximum atomic E-state index is 11.8. The summed E-state index contributed by atoms with van der Waals surface area (Å²) >= 11 is 0. The molecule has 1 amide bonds. The quantitative estimate of drug-likeness (QED) is 0.786. The number of hydrogen-bond donors (Lipinski definition) is 2. The molecule has 2 heterocycles. The molecule has 3 rings (SSSR count). The van der Waals surface area contributed by atoms with Gasteiger partial charge in [-0.1, -0.05) is 24.0 Å². The third kappa shape index (κ3) is 3.10. The predicted molar refractivity (Wildman–Crippen MR) is 82.3 cm³/mol. The van der Waals surface area contributed by atoms with Gasteiger partial charge >= 0.3 is 0 Å². The number of piperidine rings is 1. The van der Waals surface area contributed by atoms with Gasteiger partial charge in [0, 0.05) is 24.7 Å². The van der Waals surface area contributed by atoms with Crippen LogP contribution in [0, 0.1) is 17.8 Å². The Morgan fingerprint density at radius 3 is 3.19 bits per heavy atom. The van der Waals surface area contributed by atoms with Crippen LogP contribution in [-0.2, 0) is 11.3 Å². The zero-order chi connectivity index (χ0) is 14.7. The van der Waals surface area contributed by atoms with Gasteiger partial charge in [-0.2, -0.15) is 0 Å². The van der Waals surface area contributed by atoms with Crippen LogP contribution in [0.2, 0.25) is 0 Å². The van der Waals surface area contributed by atoms with E-state index in [9.17, 15) is 4.79 Å². The molecule has 3 N–H and O–H groups in total. The Morgan fingerprint density at radius 2 is 2.33 bits per heavy atom. The summed E-state index contributed by atoms with van der Waals surface area (Å²) in [4.78, 5) is 14.2. The van der Waals surface area contributed by atoms with Gasteiger partial charge < -0.3 is 11.1 Å². The fourth-order valence-corrected chi connectivity index (χ4v) is 3.37. The summed E-state index contributed by atoms with van der Waals surface area (Å²) in [5, 5.41) is 3.00. The molecule has 0 aliphatic carbocycles. The molecule has 2 fully saturated rings. The maximum absolute atomic E-state index is 11.8. The van der Waals surface area contributed by atoms with E-state index in [4.69, 9.17) is 5.73 Å². The van der Waals surface area contributed by atoms with Crippen LogP contribution in [0.25, 0.3) is 0 Å². The highest BCUT2D eigenvalue weighted by Crippen LogP contribution is 2.28.